The highest BCUT2D eigenvalue weighted by Gasteiger charge is 2.12. The first kappa shape index (κ1) is 12.3. The number of hydrogen-bond acceptors (Lipinski definition) is 1. The summed E-state index contributed by atoms with van der Waals surface area (Å²) in [7, 11) is 0. The first-order chi connectivity index (χ1) is 9.04. The number of aryl methyl sites for hydroxylation is 1. The zero-order chi connectivity index (χ0) is 13.6. The lowest BCUT2D eigenvalue weighted by Gasteiger charge is -1.98. The quantitative estimate of drug-likeness (QED) is 0.698. The standard InChI is InChI=1S/C14H9BrF2N2/c1-7-4-8(15)5-12-13(7)19-14(18-12)10-3-2-9(16)6-11(10)17/h2-6H,1H3,(H,18,19). The molecule has 0 bridgehead atoms. The van der Waals surface area contributed by atoms with E-state index in [0.29, 0.717) is 5.82 Å². The molecular formula is C14H9BrF2N2. The highest BCUT2D eigenvalue weighted by Crippen LogP contribution is 2.27. The third-order valence-corrected chi connectivity index (χ3v) is 3.39. The molecule has 0 saturated heterocycles. The Labute approximate surface area is 116 Å². The molecule has 0 aliphatic carbocycles. The van der Waals surface area contributed by atoms with Crippen molar-refractivity contribution in [2.75, 3.05) is 0 Å². The van der Waals surface area contributed by atoms with Crippen molar-refractivity contribution in [2.45, 2.75) is 6.92 Å². The Kier molecular flexibility index (Phi) is 2.86. The minimum atomic E-state index is -0.629. The number of hydrogen-bond donors (Lipinski definition) is 1. The molecule has 2 aromatic carbocycles. The number of H-pyrrole nitrogens is 1. The van der Waals surface area contributed by atoms with Gasteiger partial charge in [-0.15, -0.1) is 0 Å². The first-order valence-electron chi connectivity index (χ1n) is 5.66. The van der Waals surface area contributed by atoms with Crippen molar-refractivity contribution in [3.8, 4) is 11.4 Å². The maximum atomic E-state index is 13.7. The van der Waals surface area contributed by atoms with Gasteiger partial charge in [-0.2, -0.15) is 0 Å². The van der Waals surface area contributed by atoms with E-state index < -0.39 is 11.6 Å². The van der Waals surface area contributed by atoms with Gasteiger partial charge in [-0.3, -0.25) is 0 Å². The zero-order valence-corrected chi connectivity index (χ0v) is 11.6. The van der Waals surface area contributed by atoms with Gasteiger partial charge in [-0.05, 0) is 36.8 Å². The summed E-state index contributed by atoms with van der Waals surface area (Å²) in [6.07, 6.45) is 0. The molecule has 0 radical (unpaired) electrons. The summed E-state index contributed by atoms with van der Waals surface area (Å²) in [5.74, 6) is -0.833. The van der Waals surface area contributed by atoms with Crippen LogP contribution in [0.1, 0.15) is 5.56 Å². The number of fused-ring (bicyclic) bond motifs is 1. The van der Waals surface area contributed by atoms with Gasteiger partial charge in [0.25, 0.3) is 0 Å². The molecule has 3 aromatic rings. The fourth-order valence-corrected chi connectivity index (χ4v) is 2.63. The van der Waals surface area contributed by atoms with Crippen LogP contribution in [0, 0.1) is 18.6 Å². The van der Waals surface area contributed by atoms with Gasteiger partial charge in [-0.1, -0.05) is 15.9 Å². The Morgan fingerprint density at radius 3 is 2.68 bits per heavy atom. The van der Waals surface area contributed by atoms with Gasteiger partial charge < -0.3 is 4.98 Å². The minimum Gasteiger partial charge on any atom is -0.338 e. The molecule has 5 heteroatoms. The van der Waals surface area contributed by atoms with Crippen molar-refractivity contribution in [3.63, 3.8) is 0 Å². The molecule has 0 aliphatic rings. The molecule has 19 heavy (non-hydrogen) atoms. The third kappa shape index (κ3) is 2.14. The van der Waals surface area contributed by atoms with Crippen molar-refractivity contribution in [2.24, 2.45) is 0 Å². The maximum Gasteiger partial charge on any atom is 0.141 e. The number of benzene rings is 2. The minimum absolute atomic E-state index is 0.258. The van der Waals surface area contributed by atoms with Crippen LogP contribution < -0.4 is 0 Å². The number of halogens is 3. The summed E-state index contributed by atoms with van der Waals surface area (Å²) in [6, 6.07) is 7.26. The number of aromatic amines is 1. The van der Waals surface area contributed by atoms with Crippen LogP contribution in [-0.4, -0.2) is 9.97 Å². The topological polar surface area (TPSA) is 28.7 Å². The van der Waals surface area contributed by atoms with Crippen LogP contribution in [0.4, 0.5) is 8.78 Å². The molecular weight excluding hydrogens is 314 g/mol. The summed E-state index contributed by atoms with van der Waals surface area (Å²) in [4.78, 5) is 7.43. The summed E-state index contributed by atoms with van der Waals surface area (Å²) >= 11 is 3.40. The number of imidazole rings is 1. The van der Waals surface area contributed by atoms with Gasteiger partial charge >= 0.3 is 0 Å². The Morgan fingerprint density at radius 2 is 1.95 bits per heavy atom. The normalized spacial score (nSPS) is 11.2. The van der Waals surface area contributed by atoms with E-state index in [4.69, 9.17) is 0 Å². The summed E-state index contributed by atoms with van der Waals surface area (Å²) in [6.45, 7) is 1.93. The van der Waals surface area contributed by atoms with Gasteiger partial charge in [-0.25, -0.2) is 13.8 Å². The predicted molar refractivity (Wildman–Crippen MR) is 73.9 cm³/mol. The Bertz CT molecular complexity index is 780. The molecule has 0 saturated carbocycles. The van der Waals surface area contributed by atoms with E-state index in [-0.39, 0.29) is 5.56 Å². The molecule has 96 valence electrons. The SMILES string of the molecule is Cc1cc(Br)cc2[nH]c(-c3ccc(F)cc3F)nc12. The molecule has 0 unspecified atom stereocenters. The molecule has 3 rings (SSSR count). The van der Waals surface area contributed by atoms with Crippen LogP contribution in [0.2, 0.25) is 0 Å². The highest BCUT2D eigenvalue weighted by atomic mass is 79.9. The van der Waals surface area contributed by atoms with Crippen molar-refractivity contribution < 1.29 is 8.78 Å². The summed E-state index contributed by atoms with van der Waals surface area (Å²) < 4.78 is 27.6. The molecule has 2 nitrogen and oxygen atoms in total. The molecule has 1 N–H and O–H groups in total. The van der Waals surface area contributed by atoms with E-state index >= 15 is 0 Å². The van der Waals surface area contributed by atoms with E-state index in [9.17, 15) is 8.78 Å². The monoisotopic (exact) mass is 322 g/mol. The molecule has 1 heterocycles. The van der Waals surface area contributed by atoms with Crippen molar-refractivity contribution in [1.29, 1.82) is 0 Å². The van der Waals surface area contributed by atoms with E-state index in [1.807, 2.05) is 19.1 Å². The van der Waals surface area contributed by atoms with Gasteiger partial charge in [0.1, 0.15) is 17.5 Å². The van der Waals surface area contributed by atoms with Gasteiger partial charge in [0.05, 0.1) is 16.6 Å². The smallest absolute Gasteiger partial charge is 0.141 e. The Balaban J connectivity index is 2.23. The van der Waals surface area contributed by atoms with Gasteiger partial charge in [0.2, 0.25) is 0 Å². The Morgan fingerprint density at radius 1 is 1.16 bits per heavy atom. The lowest BCUT2D eigenvalue weighted by atomic mass is 10.2. The second-order valence-electron chi connectivity index (χ2n) is 4.33. The predicted octanol–water partition coefficient (Wildman–Crippen LogP) is 4.58. The number of nitrogens with zero attached hydrogens (tertiary/aromatic N) is 1. The molecule has 0 atom stereocenters. The van der Waals surface area contributed by atoms with Crippen LogP contribution >= 0.6 is 15.9 Å². The van der Waals surface area contributed by atoms with Crippen LogP contribution in [-0.2, 0) is 0 Å². The lowest BCUT2D eigenvalue weighted by molar-refractivity contribution is 0.585. The number of rotatable bonds is 1. The van der Waals surface area contributed by atoms with Crippen molar-refractivity contribution in [1.82, 2.24) is 9.97 Å². The molecule has 0 fully saturated rings. The van der Waals surface area contributed by atoms with Crippen molar-refractivity contribution in [3.05, 3.63) is 52.0 Å². The van der Waals surface area contributed by atoms with Crippen molar-refractivity contribution >= 4 is 27.0 Å². The highest BCUT2D eigenvalue weighted by molar-refractivity contribution is 9.10. The summed E-state index contributed by atoms with van der Waals surface area (Å²) in [5.41, 5.74) is 2.83. The molecule has 0 spiro atoms. The second kappa shape index (κ2) is 4.42. The van der Waals surface area contributed by atoms with E-state index in [1.54, 1.807) is 0 Å². The number of aromatic nitrogens is 2. The average Bonchev–Trinajstić information content (AvgIpc) is 2.72. The lowest BCUT2D eigenvalue weighted by Crippen LogP contribution is -1.87. The van der Waals surface area contributed by atoms with Gasteiger partial charge in [0.15, 0.2) is 0 Å². The fourth-order valence-electron chi connectivity index (χ4n) is 2.06. The van der Waals surface area contributed by atoms with Crippen LogP contribution in [0.15, 0.2) is 34.8 Å². The van der Waals surface area contributed by atoms with Crippen LogP contribution in [0.3, 0.4) is 0 Å². The number of nitrogens with one attached hydrogen (secondary N) is 1. The van der Waals surface area contributed by atoms with Crippen LogP contribution in [0.5, 0.6) is 0 Å². The maximum absolute atomic E-state index is 13.7. The first-order valence-corrected chi connectivity index (χ1v) is 6.45. The molecule has 0 amide bonds. The van der Waals surface area contributed by atoms with E-state index in [1.165, 1.54) is 12.1 Å². The molecule has 0 aliphatic heterocycles. The largest absolute Gasteiger partial charge is 0.338 e. The van der Waals surface area contributed by atoms with Gasteiger partial charge in [0, 0.05) is 10.5 Å². The zero-order valence-electron chi connectivity index (χ0n) is 9.97. The summed E-state index contributed by atoms with van der Waals surface area (Å²) in [5, 5.41) is 0. The van der Waals surface area contributed by atoms with E-state index in [0.717, 1.165) is 27.1 Å². The second-order valence-corrected chi connectivity index (χ2v) is 5.24. The molecule has 1 aromatic heterocycles. The third-order valence-electron chi connectivity index (χ3n) is 2.93. The Hall–Kier alpha value is -1.75. The van der Waals surface area contributed by atoms with Crippen LogP contribution in [0.25, 0.3) is 22.4 Å². The fraction of sp³-hybridized carbons (Fsp3) is 0.0714. The van der Waals surface area contributed by atoms with E-state index in [2.05, 4.69) is 25.9 Å². The average molecular weight is 323 g/mol.